The summed E-state index contributed by atoms with van der Waals surface area (Å²) in [6.45, 7) is 5.36. The summed E-state index contributed by atoms with van der Waals surface area (Å²) in [4.78, 5) is 19.6. The highest BCUT2D eigenvalue weighted by Gasteiger charge is 2.44. The van der Waals surface area contributed by atoms with E-state index in [0.717, 1.165) is 0 Å². The van der Waals surface area contributed by atoms with Crippen molar-refractivity contribution in [2.24, 2.45) is 0 Å². The smallest absolute Gasteiger partial charge is 0.340 e. The average Bonchev–Trinajstić information content (AvgIpc) is 3.28. The van der Waals surface area contributed by atoms with Crippen LogP contribution in [0.1, 0.15) is 44.2 Å². The van der Waals surface area contributed by atoms with Crippen LogP contribution in [0.4, 0.5) is 5.69 Å². The molecular weight excluding hydrogens is 394 g/mol. The summed E-state index contributed by atoms with van der Waals surface area (Å²) in [7, 11) is 0. The van der Waals surface area contributed by atoms with Crippen molar-refractivity contribution in [1.82, 2.24) is 0 Å². The molecule has 0 aliphatic carbocycles. The second-order valence-electron chi connectivity index (χ2n) is 8.28. The number of esters is 1. The second-order valence-corrected chi connectivity index (χ2v) is 8.28. The molecule has 0 radical (unpaired) electrons. The molecule has 0 unspecified atom stereocenters. The van der Waals surface area contributed by atoms with Crippen molar-refractivity contribution in [3.8, 4) is 0 Å². The third-order valence-corrected chi connectivity index (χ3v) is 4.80. The molecule has 0 saturated carbocycles. The van der Waals surface area contributed by atoms with Gasteiger partial charge in [0.1, 0.15) is 28.7 Å². The Morgan fingerprint density at radius 3 is 2.19 bits per heavy atom. The number of hydrogen-bond donors (Lipinski definition) is 1. The predicted molar refractivity (Wildman–Crippen MR) is 116 cm³/mol. The Labute approximate surface area is 181 Å². The molecule has 1 aliphatic heterocycles. The number of carbonyl (C=O) groups is 1. The van der Waals surface area contributed by atoms with Gasteiger partial charge in [-0.15, -0.1) is 0 Å². The third-order valence-electron chi connectivity index (χ3n) is 4.80. The quantitative estimate of drug-likeness (QED) is 0.550. The molecule has 2 atom stereocenters. The normalized spacial score (nSPS) is 19.4. The molecule has 0 bridgehead atoms. The minimum absolute atomic E-state index is 0.0776. The maximum Gasteiger partial charge on any atom is 0.340 e. The molecule has 0 fully saturated rings. The number of aliphatic hydroxyl groups excluding tert-OH is 1. The van der Waals surface area contributed by atoms with Crippen LogP contribution >= 0.6 is 0 Å². The van der Waals surface area contributed by atoms with Crippen LogP contribution in [0.2, 0.25) is 0 Å². The molecule has 6 nitrogen and oxygen atoms in total. The monoisotopic (exact) mass is 419 g/mol. The van der Waals surface area contributed by atoms with Gasteiger partial charge in [-0.1, -0.05) is 48.5 Å². The van der Waals surface area contributed by atoms with E-state index in [0.29, 0.717) is 17.0 Å². The van der Waals surface area contributed by atoms with Gasteiger partial charge in [0.15, 0.2) is 6.10 Å². The summed E-state index contributed by atoms with van der Waals surface area (Å²) in [6.07, 6.45) is 0.640. The van der Waals surface area contributed by atoms with Gasteiger partial charge in [-0.25, -0.2) is 9.86 Å². The van der Waals surface area contributed by atoms with Crippen LogP contribution < -0.4 is 5.06 Å². The first kappa shape index (κ1) is 20.8. The zero-order valence-electron chi connectivity index (χ0n) is 17.7. The first-order valence-corrected chi connectivity index (χ1v) is 10.1. The Hall–Kier alpha value is -3.51. The zero-order chi connectivity index (χ0) is 22.0. The lowest BCUT2D eigenvalue weighted by atomic mass is 9.95. The van der Waals surface area contributed by atoms with Crippen LogP contribution in [0.3, 0.4) is 0 Å². The van der Waals surface area contributed by atoms with E-state index in [-0.39, 0.29) is 11.3 Å². The number of para-hydroxylation sites is 1. The van der Waals surface area contributed by atoms with E-state index >= 15 is 0 Å². The summed E-state index contributed by atoms with van der Waals surface area (Å²) in [5.74, 6) is -0.381. The van der Waals surface area contributed by atoms with Gasteiger partial charge in [-0.3, -0.25) is 4.84 Å². The van der Waals surface area contributed by atoms with Crippen molar-refractivity contribution < 1.29 is 23.9 Å². The molecule has 2 aromatic carbocycles. The fourth-order valence-corrected chi connectivity index (χ4v) is 3.51. The van der Waals surface area contributed by atoms with Crippen LogP contribution in [0, 0.1) is 0 Å². The molecule has 1 N–H and O–H groups in total. The lowest BCUT2D eigenvalue weighted by Gasteiger charge is -2.40. The number of anilines is 1. The Balaban J connectivity index is 1.90. The number of hydroxylamine groups is 1. The first-order chi connectivity index (χ1) is 14.8. The van der Waals surface area contributed by atoms with Gasteiger partial charge in [0.2, 0.25) is 0 Å². The van der Waals surface area contributed by atoms with Crippen molar-refractivity contribution >= 4 is 11.7 Å². The van der Waals surface area contributed by atoms with Gasteiger partial charge in [0.25, 0.3) is 0 Å². The number of aliphatic hydroxyl groups is 1. The fraction of sp³-hybridized carbons (Fsp3) is 0.240. The summed E-state index contributed by atoms with van der Waals surface area (Å²) in [6, 6.07) is 21.3. The minimum Gasteiger partial charge on any atom is -0.508 e. The molecular formula is C25H25NO5. The molecule has 0 saturated heterocycles. The predicted octanol–water partition coefficient (Wildman–Crippen LogP) is 5.67. The Kier molecular flexibility index (Phi) is 5.57. The maximum atomic E-state index is 13.3. The average molecular weight is 419 g/mol. The van der Waals surface area contributed by atoms with E-state index in [4.69, 9.17) is 14.0 Å². The number of rotatable bonds is 4. The number of ether oxygens (including phenoxy) is 1. The van der Waals surface area contributed by atoms with Crippen LogP contribution in [-0.2, 0) is 14.4 Å². The molecule has 6 heteroatoms. The van der Waals surface area contributed by atoms with Crippen LogP contribution in [0.15, 0.2) is 94.8 Å². The largest absolute Gasteiger partial charge is 0.508 e. The lowest BCUT2D eigenvalue weighted by Crippen LogP contribution is -2.41. The summed E-state index contributed by atoms with van der Waals surface area (Å²) >= 11 is 0. The van der Waals surface area contributed by atoms with E-state index in [2.05, 4.69) is 0 Å². The topological polar surface area (TPSA) is 72.1 Å². The highest BCUT2D eigenvalue weighted by molar-refractivity contribution is 5.92. The molecule has 160 valence electrons. The van der Waals surface area contributed by atoms with Gasteiger partial charge in [-0.2, -0.15) is 0 Å². The van der Waals surface area contributed by atoms with Crippen molar-refractivity contribution in [2.45, 2.75) is 38.5 Å². The Bertz CT molecular complexity index is 1050. The van der Waals surface area contributed by atoms with Gasteiger partial charge < -0.3 is 14.3 Å². The van der Waals surface area contributed by atoms with Crippen molar-refractivity contribution in [3.63, 3.8) is 0 Å². The van der Waals surface area contributed by atoms with Gasteiger partial charge in [-0.05, 0) is 50.6 Å². The zero-order valence-corrected chi connectivity index (χ0v) is 17.7. The number of carbonyl (C=O) groups excluding carboxylic acids is 1. The number of hydrogen-bond acceptors (Lipinski definition) is 6. The van der Waals surface area contributed by atoms with Crippen LogP contribution in [0.5, 0.6) is 0 Å². The summed E-state index contributed by atoms with van der Waals surface area (Å²) < 4.78 is 11.3. The summed E-state index contributed by atoms with van der Waals surface area (Å²) in [5.41, 5.74) is 0.753. The lowest BCUT2D eigenvalue weighted by molar-refractivity contribution is -0.152. The summed E-state index contributed by atoms with van der Waals surface area (Å²) in [5, 5.41) is 12.9. The van der Waals surface area contributed by atoms with E-state index in [9.17, 15) is 9.90 Å². The standard InChI is InChI=1S/C25H25NO5/c1-25(2,3)30-24(28)20-21(19-15-10-16-29-19)26(18-13-8-5-9-14-18)31-23(22(20)27)17-11-6-4-7-12-17/h4-16,21,23,27H,1-3H3/t21-,23+/m0/s1. The van der Waals surface area contributed by atoms with E-state index in [1.165, 1.54) is 6.26 Å². The number of benzene rings is 2. The second kappa shape index (κ2) is 8.32. The molecule has 2 heterocycles. The van der Waals surface area contributed by atoms with Gasteiger partial charge in [0, 0.05) is 0 Å². The highest BCUT2D eigenvalue weighted by Crippen LogP contribution is 2.45. The van der Waals surface area contributed by atoms with Crippen LogP contribution in [-0.4, -0.2) is 16.7 Å². The molecule has 0 spiro atoms. The molecule has 0 amide bonds. The third kappa shape index (κ3) is 4.34. The van der Waals surface area contributed by atoms with E-state index in [1.54, 1.807) is 38.0 Å². The molecule has 31 heavy (non-hydrogen) atoms. The van der Waals surface area contributed by atoms with Crippen molar-refractivity contribution in [3.05, 3.63) is 102 Å². The van der Waals surface area contributed by atoms with E-state index < -0.39 is 23.7 Å². The Morgan fingerprint density at radius 1 is 0.968 bits per heavy atom. The first-order valence-electron chi connectivity index (χ1n) is 10.1. The molecule has 3 aromatic rings. The number of nitrogens with zero attached hydrogens (tertiary/aromatic N) is 1. The minimum atomic E-state index is -0.880. The Morgan fingerprint density at radius 2 is 1.61 bits per heavy atom. The molecule has 1 aromatic heterocycles. The van der Waals surface area contributed by atoms with E-state index in [1.807, 2.05) is 60.7 Å². The van der Waals surface area contributed by atoms with Crippen molar-refractivity contribution in [2.75, 3.05) is 5.06 Å². The number of furan rings is 1. The molecule has 1 aliphatic rings. The fourth-order valence-electron chi connectivity index (χ4n) is 3.51. The van der Waals surface area contributed by atoms with Crippen molar-refractivity contribution in [1.29, 1.82) is 0 Å². The van der Waals surface area contributed by atoms with Gasteiger partial charge in [0.05, 0.1) is 12.0 Å². The van der Waals surface area contributed by atoms with Crippen LogP contribution in [0.25, 0.3) is 0 Å². The highest BCUT2D eigenvalue weighted by atomic mass is 16.7. The maximum absolute atomic E-state index is 13.3. The molecule has 4 rings (SSSR count). The SMILES string of the molecule is CC(C)(C)OC(=O)C1=C(O)[C@@H](c2ccccc2)ON(c2ccccc2)[C@H]1c1ccco1. The van der Waals surface area contributed by atoms with Gasteiger partial charge >= 0.3 is 5.97 Å².